The molecule has 1 heterocycles. The molecule has 1 saturated heterocycles. The van der Waals surface area contributed by atoms with E-state index in [4.69, 9.17) is 15.2 Å². The third-order valence-corrected chi connectivity index (χ3v) is 3.94. The molecule has 3 rings (SSSR count). The fourth-order valence-electron chi connectivity index (χ4n) is 2.94. The highest BCUT2D eigenvalue weighted by Gasteiger charge is 2.18. The van der Waals surface area contributed by atoms with Crippen LogP contribution in [0.2, 0.25) is 0 Å². The second-order valence-corrected chi connectivity index (χ2v) is 5.90. The summed E-state index contributed by atoms with van der Waals surface area (Å²) in [5, 5.41) is 2.48. The number of nitrogens with two attached hydrogens (primary N) is 1. The lowest BCUT2D eigenvalue weighted by Gasteiger charge is -2.25. The Balaban J connectivity index is 1.95. The Morgan fingerprint density at radius 3 is 2.90 bits per heavy atom. The average molecular weight is 285 g/mol. The van der Waals surface area contributed by atoms with Gasteiger partial charge in [0, 0.05) is 18.2 Å². The Hall–Kier alpha value is -1.58. The van der Waals surface area contributed by atoms with Crippen molar-refractivity contribution in [2.24, 2.45) is 5.73 Å². The monoisotopic (exact) mass is 285 g/mol. The van der Waals surface area contributed by atoms with Gasteiger partial charge in [0.15, 0.2) is 0 Å². The molecule has 0 spiro atoms. The van der Waals surface area contributed by atoms with Crippen LogP contribution in [0.1, 0.15) is 25.3 Å². The molecule has 112 valence electrons. The van der Waals surface area contributed by atoms with Gasteiger partial charge in [-0.3, -0.25) is 0 Å². The molecule has 2 aromatic rings. The van der Waals surface area contributed by atoms with E-state index in [1.54, 1.807) is 0 Å². The topological polar surface area (TPSA) is 44.5 Å². The lowest BCUT2D eigenvalue weighted by Crippen LogP contribution is -2.28. The maximum Gasteiger partial charge on any atom is 0.123 e. The molecule has 2 unspecified atom stereocenters. The smallest absolute Gasteiger partial charge is 0.123 e. The highest BCUT2D eigenvalue weighted by molar-refractivity contribution is 5.87. The molecule has 0 aliphatic carbocycles. The zero-order valence-corrected chi connectivity index (χ0v) is 12.5. The maximum absolute atomic E-state index is 6.21. The summed E-state index contributed by atoms with van der Waals surface area (Å²) in [6, 6.07) is 12.7. The third-order valence-electron chi connectivity index (χ3n) is 3.94. The minimum absolute atomic E-state index is 0.112. The number of hydrogen-bond donors (Lipinski definition) is 1. The summed E-state index contributed by atoms with van der Waals surface area (Å²) in [6.07, 6.45) is 3.11. The highest BCUT2D eigenvalue weighted by Crippen LogP contribution is 2.30. The van der Waals surface area contributed by atoms with E-state index in [-0.39, 0.29) is 12.1 Å². The van der Waals surface area contributed by atoms with E-state index < -0.39 is 0 Å². The SMILES string of the molecule is CC(N)Cc1c(OC2CCCOC2)ccc2ccccc12. The van der Waals surface area contributed by atoms with Crippen LogP contribution in [0.3, 0.4) is 0 Å². The first-order valence-electron chi connectivity index (χ1n) is 7.74. The molecule has 1 aliphatic heterocycles. The van der Waals surface area contributed by atoms with Crippen molar-refractivity contribution >= 4 is 10.8 Å². The molecule has 1 aliphatic rings. The highest BCUT2D eigenvalue weighted by atomic mass is 16.5. The quantitative estimate of drug-likeness (QED) is 0.937. The van der Waals surface area contributed by atoms with Gasteiger partial charge in [-0.05, 0) is 43.0 Å². The van der Waals surface area contributed by atoms with Gasteiger partial charge in [0.05, 0.1) is 6.61 Å². The Bertz CT molecular complexity index is 603. The van der Waals surface area contributed by atoms with Gasteiger partial charge < -0.3 is 15.2 Å². The fraction of sp³-hybridized carbons (Fsp3) is 0.444. The number of ether oxygens (including phenoxy) is 2. The van der Waals surface area contributed by atoms with Crippen molar-refractivity contribution in [3.05, 3.63) is 42.0 Å². The molecule has 21 heavy (non-hydrogen) atoms. The molecule has 2 N–H and O–H groups in total. The third kappa shape index (κ3) is 3.36. The van der Waals surface area contributed by atoms with Crippen molar-refractivity contribution < 1.29 is 9.47 Å². The van der Waals surface area contributed by atoms with Gasteiger partial charge >= 0.3 is 0 Å². The molecule has 0 radical (unpaired) electrons. The number of fused-ring (bicyclic) bond motifs is 1. The first-order chi connectivity index (χ1) is 10.2. The van der Waals surface area contributed by atoms with Crippen LogP contribution in [0.15, 0.2) is 36.4 Å². The van der Waals surface area contributed by atoms with Crippen LogP contribution in [0.5, 0.6) is 5.75 Å². The van der Waals surface area contributed by atoms with Gasteiger partial charge in [0.25, 0.3) is 0 Å². The molecule has 0 amide bonds. The van der Waals surface area contributed by atoms with Gasteiger partial charge in [-0.1, -0.05) is 30.3 Å². The Morgan fingerprint density at radius 1 is 1.29 bits per heavy atom. The van der Waals surface area contributed by atoms with E-state index in [2.05, 4.69) is 36.4 Å². The van der Waals surface area contributed by atoms with Crippen LogP contribution < -0.4 is 10.5 Å². The Morgan fingerprint density at radius 2 is 2.14 bits per heavy atom. The predicted molar refractivity (Wildman–Crippen MR) is 85.8 cm³/mol. The summed E-state index contributed by atoms with van der Waals surface area (Å²) in [4.78, 5) is 0. The molecule has 2 aromatic carbocycles. The lowest BCUT2D eigenvalue weighted by atomic mass is 9.98. The zero-order valence-electron chi connectivity index (χ0n) is 12.5. The van der Waals surface area contributed by atoms with E-state index >= 15 is 0 Å². The zero-order chi connectivity index (χ0) is 14.7. The largest absolute Gasteiger partial charge is 0.488 e. The first-order valence-corrected chi connectivity index (χ1v) is 7.74. The lowest BCUT2D eigenvalue weighted by molar-refractivity contribution is 0.00709. The summed E-state index contributed by atoms with van der Waals surface area (Å²) in [5.41, 5.74) is 7.25. The normalized spacial score (nSPS) is 20.4. The summed E-state index contributed by atoms with van der Waals surface area (Å²) in [6.45, 7) is 3.57. The Labute approximate surface area is 126 Å². The van der Waals surface area contributed by atoms with Crippen LogP contribution in [-0.2, 0) is 11.2 Å². The van der Waals surface area contributed by atoms with Crippen LogP contribution in [0, 0.1) is 0 Å². The van der Waals surface area contributed by atoms with Crippen LogP contribution in [0.4, 0.5) is 0 Å². The molecule has 0 aromatic heterocycles. The van der Waals surface area contributed by atoms with Gasteiger partial charge in [0.1, 0.15) is 11.9 Å². The van der Waals surface area contributed by atoms with Crippen molar-refractivity contribution in [1.82, 2.24) is 0 Å². The van der Waals surface area contributed by atoms with Crippen molar-refractivity contribution in [2.45, 2.75) is 38.3 Å². The molecule has 2 atom stereocenters. The Kier molecular flexibility index (Phi) is 4.42. The molecule has 3 nitrogen and oxygen atoms in total. The molecular weight excluding hydrogens is 262 g/mol. The van der Waals surface area contributed by atoms with Crippen LogP contribution >= 0.6 is 0 Å². The van der Waals surface area contributed by atoms with E-state index in [1.165, 1.54) is 16.3 Å². The van der Waals surface area contributed by atoms with Gasteiger partial charge in [-0.2, -0.15) is 0 Å². The molecule has 3 heteroatoms. The first kappa shape index (κ1) is 14.4. The summed E-state index contributed by atoms with van der Waals surface area (Å²) < 4.78 is 11.7. The van der Waals surface area contributed by atoms with E-state index in [1.807, 2.05) is 6.92 Å². The van der Waals surface area contributed by atoms with E-state index in [0.29, 0.717) is 6.61 Å². The average Bonchev–Trinajstić information content (AvgIpc) is 2.50. The maximum atomic E-state index is 6.21. The van der Waals surface area contributed by atoms with Gasteiger partial charge in [-0.15, -0.1) is 0 Å². The molecule has 1 fully saturated rings. The summed E-state index contributed by atoms with van der Waals surface area (Å²) in [7, 11) is 0. The minimum Gasteiger partial charge on any atom is -0.488 e. The predicted octanol–water partition coefficient (Wildman–Crippen LogP) is 3.29. The number of benzene rings is 2. The van der Waals surface area contributed by atoms with Crippen molar-refractivity contribution in [2.75, 3.05) is 13.2 Å². The van der Waals surface area contributed by atoms with E-state index in [9.17, 15) is 0 Å². The molecule has 0 bridgehead atoms. The van der Waals surface area contributed by atoms with Gasteiger partial charge in [-0.25, -0.2) is 0 Å². The fourth-order valence-corrected chi connectivity index (χ4v) is 2.94. The summed E-state index contributed by atoms with van der Waals surface area (Å²) in [5.74, 6) is 0.960. The standard InChI is InChI=1S/C18H23NO2/c1-13(19)11-17-16-7-3-2-5-14(16)8-9-18(17)21-15-6-4-10-20-12-15/h2-3,5,7-9,13,15H,4,6,10-12,19H2,1H3. The number of rotatable bonds is 4. The van der Waals surface area contributed by atoms with Crippen LogP contribution in [0.25, 0.3) is 10.8 Å². The van der Waals surface area contributed by atoms with Crippen molar-refractivity contribution in [3.63, 3.8) is 0 Å². The van der Waals surface area contributed by atoms with Gasteiger partial charge in [0.2, 0.25) is 0 Å². The van der Waals surface area contributed by atoms with E-state index in [0.717, 1.165) is 31.6 Å². The van der Waals surface area contributed by atoms with Crippen LogP contribution in [-0.4, -0.2) is 25.4 Å². The molecule has 0 saturated carbocycles. The number of hydrogen-bond acceptors (Lipinski definition) is 3. The molecular formula is C18H23NO2. The second-order valence-electron chi connectivity index (χ2n) is 5.90. The van der Waals surface area contributed by atoms with Crippen molar-refractivity contribution in [1.29, 1.82) is 0 Å². The minimum atomic E-state index is 0.112. The van der Waals surface area contributed by atoms with Crippen molar-refractivity contribution in [3.8, 4) is 5.75 Å². The summed E-state index contributed by atoms with van der Waals surface area (Å²) >= 11 is 0. The second kappa shape index (κ2) is 6.46.